The van der Waals surface area contributed by atoms with E-state index in [1.54, 1.807) is 6.92 Å². The number of rotatable bonds is 5. The first-order valence-corrected chi connectivity index (χ1v) is 7.27. The van der Waals surface area contributed by atoms with Crippen LogP contribution in [0.5, 0.6) is 0 Å². The lowest BCUT2D eigenvalue weighted by molar-refractivity contribution is -0.149. The number of amides is 1. The molecule has 2 rings (SSSR count). The normalized spacial score (nSPS) is 26.3. The summed E-state index contributed by atoms with van der Waals surface area (Å²) in [6.07, 6.45) is 2.28. The molecule has 1 saturated carbocycles. The first-order valence-electron chi connectivity index (χ1n) is 7.27. The molecule has 21 heavy (non-hydrogen) atoms. The number of benzene rings is 1. The first kappa shape index (κ1) is 15.5. The Labute approximate surface area is 124 Å². The van der Waals surface area contributed by atoms with Crippen molar-refractivity contribution in [1.29, 1.82) is 0 Å². The van der Waals surface area contributed by atoms with E-state index in [-0.39, 0.29) is 24.4 Å². The number of carbonyl (C=O) groups excluding carboxylic acids is 1. The lowest BCUT2D eigenvalue weighted by atomic mass is 9.85. The molecule has 1 aliphatic rings. The maximum atomic E-state index is 12.1. The van der Waals surface area contributed by atoms with Crippen LogP contribution in [0.1, 0.15) is 44.2 Å². The van der Waals surface area contributed by atoms with Crippen LogP contribution in [0.25, 0.3) is 0 Å². The van der Waals surface area contributed by atoms with Crippen LogP contribution in [0.15, 0.2) is 30.3 Å². The molecule has 3 unspecified atom stereocenters. The van der Waals surface area contributed by atoms with Crippen molar-refractivity contribution in [2.75, 3.05) is 0 Å². The van der Waals surface area contributed by atoms with Gasteiger partial charge < -0.3 is 16.2 Å². The Morgan fingerprint density at radius 2 is 2.10 bits per heavy atom. The van der Waals surface area contributed by atoms with E-state index in [0.29, 0.717) is 12.8 Å². The molecular weight excluding hydrogens is 268 g/mol. The monoisotopic (exact) mass is 290 g/mol. The summed E-state index contributed by atoms with van der Waals surface area (Å²) in [4.78, 5) is 23.5. The van der Waals surface area contributed by atoms with Crippen molar-refractivity contribution in [2.24, 2.45) is 11.1 Å². The highest BCUT2D eigenvalue weighted by Crippen LogP contribution is 2.38. The number of carboxylic acid groups (broad SMARTS) is 1. The lowest BCUT2D eigenvalue weighted by Crippen LogP contribution is -2.47. The third-order valence-electron chi connectivity index (χ3n) is 4.41. The maximum Gasteiger partial charge on any atom is 0.311 e. The molecule has 0 aliphatic heterocycles. The fraction of sp³-hybridized carbons (Fsp3) is 0.500. The quantitative estimate of drug-likeness (QED) is 0.771. The van der Waals surface area contributed by atoms with Crippen LogP contribution < -0.4 is 11.1 Å². The Kier molecular flexibility index (Phi) is 4.63. The maximum absolute atomic E-state index is 12.1. The molecule has 1 amide bonds. The van der Waals surface area contributed by atoms with E-state index >= 15 is 0 Å². The number of nitrogens with two attached hydrogens (primary N) is 1. The summed E-state index contributed by atoms with van der Waals surface area (Å²) in [5.74, 6) is -1.04. The molecular formula is C16H22N2O3. The van der Waals surface area contributed by atoms with E-state index in [9.17, 15) is 14.7 Å². The zero-order valence-electron chi connectivity index (χ0n) is 12.2. The largest absolute Gasteiger partial charge is 0.481 e. The average molecular weight is 290 g/mol. The summed E-state index contributed by atoms with van der Waals surface area (Å²) in [5.41, 5.74) is 6.05. The van der Waals surface area contributed by atoms with Gasteiger partial charge in [0, 0.05) is 18.5 Å². The molecule has 0 saturated heterocycles. The lowest BCUT2D eigenvalue weighted by Gasteiger charge is -2.28. The predicted molar refractivity (Wildman–Crippen MR) is 79.5 cm³/mol. The Morgan fingerprint density at radius 1 is 1.43 bits per heavy atom. The van der Waals surface area contributed by atoms with Gasteiger partial charge in [0.1, 0.15) is 0 Å². The summed E-state index contributed by atoms with van der Waals surface area (Å²) in [5, 5.41) is 12.2. The van der Waals surface area contributed by atoms with Gasteiger partial charge in [-0.1, -0.05) is 36.8 Å². The van der Waals surface area contributed by atoms with Crippen molar-refractivity contribution in [3.63, 3.8) is 0 Å². The molecule has 0 radical (unpaired) electrons. The number of carboxylic acids is 1. The Balaban J connectivity index is 1.94. The fourth-order valence-electron chi connectivity index (χ4n) is 2.92. The molecule has 1 aliphatic carbocycles. The molecule has 0 bridgehead atoms. The van der Waals surface area contributed by atoms with Crippen molar-refractivity contribution in [3.05, 3.63) is 35.9 Å². The van der Waals surface area contributed by atoms with E-state index < -0.39 is 11.4 Å². The third-order valence-corrected chi connectivity index (χ3v) is 4.41. The van der Waals surface area contributed by atoms with E-state index in [4.69, 9.17) is 5.73 Å². The van der Waals surface area contributed by atoms with Gasteiger partial charge in [0.15, 0.2) is 0 Å². The predicted octanol–water partition coefficient (Wildman–Crippen LogP) is 1.84. The molecule has 1 fully saturated rings. The van der Waals surface area contributed by atoms with Gasteiger partial charge in [-0.05, 0) is 25.3 Å². The van der Waals surface area contributed by atoms with Gasteiger partial charge in [0.05, 0.1) is 5.41 Å². The third kappa shape index (κ3) is 3.42. The highest BCUT2D eigenvalue weighted by atomic mass is 16.4. The average Bonchev–Trinajstić information content (AvgIpc) is 2.82. The molecule has 5 nitrogen and oxygen atoms in total. The van der Waals surface area contributed by atoms with Crippen LogP contribution in [-0.4, -0.2) is 23.0 Å². The second-order valence-electron chi connectivity index (χ2n) is 5.96. The minimum atomic E-state index is -0.869. The van der Waals surface area contributed by atoms with Crippen LogP contribution in [0.2, 0.25) is 0 Å². The number of carbonyl (C=O) groups is 2. The van der Waals surface area contributed by atoms with Crippen molar-refractivity contribution in [1.82, 2.24) is 5.32 Å². The van der Waals surface area contributed by atoms with E-state index in [1.165, 1.54) is 0 Å². The zero-order chi connectivity index (χ0) is 15.5. The van der Waals surface area contributed by atoms with Gasteiger partial charge in [-0.2, -0.15) is 0 Å². The molecule has 0 aromatic heterocycles. The standard InChI is InChI=1S/C16H22N2O3/c1-16(15(20)21)9-5-8-13(16)18-14(19)10-12(17)11-6-3-2-4-7-11/h2-4,6-7,12-13H,5,8-10,17H2,1H3,(H,18,19)(H,20,21). The SMILES string of the molecule is CC1(C(=O)O)CCCC1NC(=O)CC(N)c1ccccc1. The van der Waals surface area contributed by atoms with Gasteiger partial charge in [-0.3, -0.25) is 9.59 Å². The molecule has 0 spiro atoms. The number of hydrogen-bond donors (Lipinski definition) is 3. The number of nitrogens with one attached hydrogen (secondary N) is 1. The van der Waals surface area contributed by atoms with E-state index in [0.717, 1.165) is 12.0 Å². The van der Waals surface area contributed by atoms with Crippen LogP contribution in [0, 0.1) is 5.41 Å². The fourth-order valence-corrected chi connectivity index (χ4v) is 2.92. The van der Waals surface area contributed by atoms with Crippen molar-refractivity contribution < 1.29 is 14.7 Å². The summed E-state index contributed by atoms with van der Waals surface area (Å²) in [6.45, 7) is 1.70. The molecule has 0 heterocycles. The van der Waals surface area contributed by atoms with Crippen LogP contribution in [-0.2, 0) is 9.59 Å². The summed E-state index contributed by atoms with van der Waals surface area (Å²) < 4.78 is 0. The highest BCUT2D eigenvalue weighted by Gasteiger charge is 2.45. The summed E-state index contributed by atoms with van der Waals surface area (Å²) in [7, 11) is 0. The second-order valence-corrected chi connectivity index (χ2v) is 5.96. The second kappa shape index (κ2) is 6.26. The molecule has 1 aromatic carbocycles. The minimum absolute atomic E-state index is 0.163. The molecule has 4 N–H and O–H groups in total. The van der Waals surface area contributed by atoms with Crippen molar-refractivity contribution in [2.45, 2.75) is 44.7 Å². The van der Waals surface area contributed by atoms with Gasteiger partial charge in [-0.25, -0.2) is 0 Å². The topological polar surface area (TPSA) is 92.4 Å². The van der Waals surface area contributed by atoms with Crippen LogP contribution in [0.4, 0.5) is 0 Å². The van der Waals surface area contributed by atoms with Gasteiger partial charge in [-0.15, -0.1) is 0 Å². The molecule has 3 atom stereocenters. The Morgan fingerprint density at radius 3 is 2.71 bits per heavy atom. The molecule has 5 heteroatoms. The first-order chi connectivity index (χ1) is 9.93. The molecule has 1 aromatic rings. The summed E-state index contributed by atoms with van der Waals surface area (Å²) in [6, 6.07) is 8.74. The summed E-state index contributed by atoms with van der Waals surface area (Å²) >= 11 is 0. The number of aliphatic carboxylic acids is 1. The van der Waals surface area contributed by atoms with Gasteiger partial charge in [0.25, 0.3) is 0 Å². The van der Waals surface area contributed by atoms with Gasteiger partial charge in [0.2, 0.25) is 5.91 Å². The van der Waals surface area contributed by atoms with Crippen LogP contribution >= 0.6 is 0 Å². The van der Waals surface area contributed by atoms with Gasteiger partial charge >= 0.3 is 5.97 Å². The zero-order valence-corrected chi connectivity index (χ0v) is 12.2. The highest BCUT2D eigenvalue weighted by molar-refractivity contribution is 5.80. The Hall–Kier alpha value is -1.88. The van der Waals surface area contributed by atoms with Crippen LogP contribution in [0.3, 0.4) is 0 Å². The Bertz CT molecular complexity index is 518. The van der Waals surface area contributed by atoms with E-state index in [1.807, 2.05) is 30.3 Å². The molecule has 114 valence electrons. The van der Waals surface area contributed by atoms with Crippen molar-refractivity contribution >= 4 is 11.9 Å². The van der Waals surface area contributed by atoms with Crippen molar-refractivity contribution in [3.8, 4) is 0 Å². The minimum Gasteiger partial charge on any atom is -0.481 e. The van der Waals surface area contributed by atoms with E-state index in [2.05, 4.69) is 5.32 Å². The smallest absolute Gasteiger partial charge is 0.311 e. The number of hydrogen-bond acceptors (Lipinski definition) is 3.